The summed E-state index contributed by atoms with van der Waals surface area (Å²) in [4.78, 5) is 45.7. The number of furan rings is 1. The SMILES string of the molecule is Cc1cc(=O)oc2ccc(CC(CCC=O)=NC(=O)c3ccc4c(c3)nc(-c3ccoc3)n4C3CCCCC3)cc12. The van der Waals surface area contributed by atoms with Crippen molar-refractivity contribution in [1.29, 1.82) is 0 Å². The van der Waals surface area contributed by atoms with Crippen LogP contribution in [-0.2, 0) is 11.2 Å². The van der Waals surface area contributed by atoms with Gasteiger partial charge in [0.2, 0.25) is 0 Å². The maximum atomic E-state index is 13.4. The molecule has 1 amide bonds. The monoisotopic (exact) mass is 549 g/mol. The summed E-state index contributed by atoms with van der Waals surface area (Å²) in [6, 6.07) is 14.9. The minimum atomic E-state index is -0.390. The van der Waals surface area contributed by atoms with Gasteiger partial charge in [-0.15, -0.1) is 0 Å². The number of carbonyl (C=O) groups excluding carboxylic acids is 2. The molecule has 0 spiro atoms. The van der Waals surface area contributed by atoms with Crippen molar-refractivity contribution < 1.29 is 18.4 Å². The molecule has 6 rings (SSSR count). The van der Waals surface area contributed by atoms with Gasteiger partial charge in [-0.3, -0.25) is 4.79 Å². The third-order valence-electron chi connectivity index (χ3n) is 7.89. The van der Waals surface area contributed by atoms with Gasteiger partial charge in [-0.05, 0) is 73.7 Å². The first kappa shape index (κ1) is 26.6. The van der Waals surface area contributed by atoms with Gasteiger partial charge in [0.05, 0.1) is 22.9 Å². The summed E-state index contributed by atoms with van der Waals surface area (Å²) in [6.45, 7) is 1.86. The number of fused-ring (bicyclic) bond motifs is 2. The zero-order valence-corrected chi connectivity index (χ0v) is 23.0. The second kappa shape index (κ2) is 11.5. The fourth-order valence-corrected chi connectivity index (χ4v) is 5.87. The van der Waals surface area contributed by atoms with Crippen LogP contribution in [0.25, 0.3) is 33.4 Å². The molecule has 0 radical (unpaired) electrons. The molecule has 208 valence electrons. The van der Waals surface area contributed by atoms with E-state index in [1.165, 1.54) is 25.3 Å². The van der Waals surface area contributed by atoms with Crippen molar-refractivity contribution in [2.24, 2.45) is 4.99 Å². The molecule has 0 N–H and O–H groups in total. The molecule has 41 heavy (non-hydrogen) atoms. The van der Waals surface area contributed by atoms with Crippen LogP contribution in [0.2, 0.25) is 0 Å². The number of hydrogen-bond donors (Lipinski definition) is 0. The van der Waals surface area contributed by atoms with Gasteiger partial charge in [0, 0.05) is 41.6 Å². The van der Waals surface area contributed by atoms with Crippen LogP contribution in [0, 0.1) is 6.92 Å². The Hall–Kier alpha value is -4.59. The van der Waals surface area contributed by atoms with Crippen molar-refractivity contribution >= 4 is 39.9 Å². The minimum absolute atomic E-state index is 0.270. The highest BCUT2D eigenvalue weighted by molar-refractivity contribution is 6.06. The summed E-state index contributed by atoms with van der Waals surface area (Å²) >= 11 is 0. The zero-order chi connectivity index (χ0) is 28.3. The second-order valence-corrected chi connectivity index (χ2v) is 10.8. The predicted molar refractivity (Wildman–Crippen MR) is 158 cm³/mol. The van der Waals surface area contributed by atoms with Crippen molar-refractivity contribution in [3.8, 4) is 11.4 Å². The minimum Gasteiger partial charge on any atom is -0.472 e. The molecule has 8 heteroatoms. The number of hydrogen-bond acceptors (Lipinski definition) is 6. The van der Waals surface area contributed by atoms with E-state index in [-0.39, 0.29) is 18.0 Å². The summed E-state index contributed by atoms with van der Waals surface area (Å²) in [5.41, 5.74) is 5.57. The van der Waals surface area contributed by atoms with E-state index in [2.05, 4.69) is 9.56 Å². The lowest BCUT2D eigenvalue weighted by Gasteiger charge is -2.25. The largest absolute Gasteiger partial charge is 0.472 e. The van der Waals surface area contributed by atoms with Crippen LogP contribution in [-0.4, -0.2) is 27.5 Å². The van der Waals surface area contributed by atoms with Crippen LogP contribution >= 0.6 is 0 Å². The first-order valence-electron chi connectivity index (χ1n) is 14.1. The Labute approximate surface area is 236 Å². The molecule has 3 aromatic heterocycles. The molecule has 1 aliphatic carbocycles. The van der Waals surface area contributed by atoms with E-state index >= 15 is 0 Å². The van der Waals surface area contributed by atoms with Gasteiger partial charge >= 0.3 is 5.63 Å². The second-order valence-electron chi connectivity index (χ2n) is 10.8. The maximum absolute atomic E-state index is 13.4. The quantitative estimate of drug-likeness (QED) is 0.117. The lowest BCUT2D eigenvalue weighted by molar-refractivity contribution is -0.107. The average molecular weight is 550 g/mol. The highest BCUT2D eigenvalue weighted by Gasteiger charge is 2.23. The molecule has 0 atom stereocenters. The number of aldehydes is 1. The Kier molecular flexibility index (Phi) is 7.46. The Morgan fingerprint density at radius 3 is 2.73 bits per heavy atom. The Morgan fingerprint density at radius 1 is 1.10 bits per heavy atom. The topological polar surface area (TPSA) is 108 Å². The molecule has 0 aliphatic heterocycles. The summed E-state index contributed by atoms with van der Waals surface area (Å²) in [6.07, 6.45) is 11.1. The van der Waals surface area contributed by atoms with Gasteiger partial charge < -0.3 is 18.2 Å². The first-order chi connectivity index (χ1) is 20.0. The Morgan fingerprint density at radius 2 is 1.95 bits per heavy atom. The number of amides is 1. The molecule has 0 saturated heterocycles. The normalized spacial score (nSPS) is 14.6. The summed E-state index contributed by atoms with van der Waals surface area (Å²) in [7, 11) is 0. The molecule has 2 aromatic carbocycles. The van der Waals surface area contributed by atoms with Gasteiger partial charge in [0.25, 0.3) is 5.91 Å². The van der Waals surface area contributed by atoms with E-state index in [4.69, 9.17) is 13.8 Å². The first-order valence-corrected chi connectivity index (χ1v) is 14.1. The van der Waals surface area contributed by atoms with Gasteiger partial charge in [0.1, 0.15) is 24.0 Å². The number of benzene rings is 2. The average Bonchev–Trinajstić information content (AvgIpc) is 3.64. The molecule has 8 nitrogen and oxygen atoms in total. The molecule has 5 aromatic rings. The van der Waals surface area contributed by atoms with E-state index in [1.807, 2.05) is 43.3 Å². The van der Waals surface area contributed by atoms with Crippen molar-refractivity contribution in [3.05, 3.63) is 88.2 Å². The fraction of sp³-hybridized carbons (Fsp3) is 0.303. The van der Waals surface area contributed by atoms with Crippen molar-refractivity contribution in [2.75, 3.05) is 0 Å². The lowest BCUT2D eigenvalue weighted by atomic mass is 9.95. The van der Waals surface area contributed by atoms with Gasteiger partial charge in [0.15, 0.2) is 0 Å². The summed E-state index contributed by atoms with van der Waals surface area (Å²) in [5.74, 6) is 0.482. The maximum Gasteiger partial charge on any atom is 0.336 e. The zero-order valence-electron chi connectivity index (χ0n) is 23.0. The lowest BCUT2D eigenvalue weighted by Crippen LogP contribution is -2.13. The molecule has 1 fully saturated rings. The number of aliphatic imine (C=N–C) groups is 1. The van der Waals surface area contributed by atoms with Crippen molar-refractivity contribution in [1.82, 2.24) is 9.55 Å². The number of carbonyl (C=O) groups is 2. The number of aryl methyl sites for hydroxylation is 1. The van der Waals surface area contributed by atoms with Crippen molar-refractivity contribution in [2.45, 2.75) is 64.3 Å². The third-order valence-corrected chi connectivity index (χ3v) is 7.89. The molecule has 1 aliphatic rings. The fourth-order valence-electron chi connectivity index (χ4n) is 5.87. The van der Waals surface area contributed by atoms with Crippen LogP contribution in [0.3, 0.4) is 0 Å². The van der Waals surface area contributed by atoms with Crippen LogP contribution in [0.4, 0.5) is 0 Å². The summed E-state index contributed by atoms with van der Waals surface area (Å²) in [5, 5.41) is 0.829. The summed E-state index contributed by atoms with van der Waals surface area (Å²) < 4.78 is 13.0. The van der Waals surface area contributed by atoms with Crippen LogP contribution in [0.15, 0.2) is 79.7 Å². The van der Waals surface area contributed by atoms with Gasteiger partial charge in [-0.1, -0.05) is 25.3 Å². The Bertz CT molecular complexity index is 1820. The van der Waals surface area contributed by atoms with Gasteiger partial charge in [-0.25, -0.2) is 14.8 Å². The third kappa shape index (κ3) is 5.55. The highest BCUT2D eigenvalue weighted by Crippen LogP contribution is 2.36. The number of nitrogens with zero attached hydrogens (tertiary/aromatic N) is 3. The number of imidazole rings is 1. The molecular formula is C33H31N3O5. The van der Waals surface area contributed by atoms with Crippen LogP contribution in [0.5, 0.6) is 0 Å². The van der Waals surface area contributed by atoms with E-state index in [0.29, 0.717) is 35.7 Å². The van der Waals surface area contributed by atoms with E-state index in [0.717, 1.165) is 58.1 Å². The van der Waals surface area contributed by atoms with Gasteiger partial charge in [-0.2, -0.15) is 0 Å². The molecule has 3 heterocycles. The predicted octanol–water partition coefficient (Wildman–Crippen LogP) is 7.02. The molecular weight excluding hydrogens is 518 g/mol. The van der Waals surface area contributed by atoms with Crippen LogP contribution < -0.4 is 5.63 Å². The van der Waals surface area contributed by atoms with E-state index in [1.54, 1.807) is 18.6 Å². The standard InChI is InChI=1S/C33H31N3O5/c1-21-16-31(38)41-30-12-9-22(18-27(21)30)17-25(6-5-14-37)34-33(39)23-10-11-29-28(19-23)35-32(24-13-15-40-20-24)36(29)26-7-3-2-4-8-26/h9-16,18-20,26H,2-8,17H2,1H3. The van der Waals surface area contributed by atoms with E-state index in [9.17, 15) is 14.4 Å². The molecule has 1 saturated carbocycles. The van der Waals surface area contributed by atoms with E-state index < -0.39 is 0 Å². The Balaban J connectivity index is 1.33. The number of rotatable bonds is 8. The molecule has 0 bridgehead atoms. The van der Waals surface area contributed by atoms with Crippen molar-refractivity contribution in [3.63, 3.8) is 0 Å². The molecule has 0 unspecified atom stereocenters. The highest BCUT2D eigenvalue weighted by atomic mass is 16.4. The smallest absolute Gasteiger partial charge is 0.336 e. The van der Waals surface area contributed by atoms with Crippen LogP contribution in [0.1, 0.15) is 72.5 Å². The number of aromatic nitrogens is 2.